The average molecular weight is 1840 g/mol. The van der Waals surface area contributed by atoms with Gasteiger partial charge in [-0.05, 0) is 58.2 Å². The average Bonchev–Trinajstić information content (AvgIpc) is 1.56. The number of hydrogen-bond donors (Lipinski definition) is 11. The number of aromatic nitrogens is 16. The fraction of sp³-hybridized carbons (Fsp3) is 0.596. The van der Waals surface area contributed by atoms with Gasteiger partial charge in [0.05, 0.1) is 76.4 Å². The first-order valence-electron chi connectivity index (χ1n) is 34.4. The molecule has 8 aromatic rings. The summed E-state index contributed by atoms with van der Waals surface area (Å²) in [4.78, 5) is 131. The minimum absolute atomic E-state index is 0. The van der Waals surface area contributed by atoms with Gasteiger partial charge < -0.3 is 104 Å². The summed E-state index contributed by atoms with van der Waals surface area (Å²) >= 11 is 15.2. The van der Waals surface area contributed by atoms with Crippen molar-refractivity contribution in [1.29, 1.82) is 0 Å². The van der Waals surface area contributed by atoms with E-state index < -0.39 is 213 Å². The molecule has 0 aliphatic carbocycles. The molecule has 0 spiro atoms. The molecule has 0 aromatic carbocycles. The number of aliphatic hydroxyl groups is 1. The number of ether oxygens (including phenoxy) is 8. The molecule has 14 N–H and O–H groups in total. The van der Waals surface area contributed by atoms with Crippen LogP contribution >= 0.6 is 48.1 Å². The van der Waals surface area contributed by atoms with E-state index in [1.54, 1.807) is 13.8 Å². The predicted molar refractivity (Wildman–Crippen MR) is 393 cm³/mol. The van der Waals surface area contributed by atoms with Gasteiger partial charge in [-0.3, -0.25) is 59.8 Å². The Kier molecular flexibility index (Phi) is 23.2. The van der Waals surface area contributed by atoms with Crippen LogP contribution in [-0.2, 0) is 153 Å². The first-order chi connectivity index (χ1) is 53.9. The zero-order valence-corrected chi connectivity index (χ0v) is 70.4. The summed E-state index contributed by atoms with van der Waals surface area (Å²) in [5.74, 6) is -0.139. The van der Waals surface area contributed by atoms with E-state index >= 15 is 4.57 Å². The monoisotopic (exact) mass is 1840 g/mol. The summed E-state index contributed by atoms with van der Waals surface area (Å²) in [7, 11) is -10.2. The van der Waals surface area contributed by atoms with E-state index in [-0.39, 0.29) is 108 Å². The number of aromatic amines is 1. The topological polar surface area (TPSA) is 643 Å². The molecule has 16 heterocycles. The maximum absolute atomic E-state index is 15.2. The van der Waals surface area contributed by atoms with Crippen molar-refractivity contribution in [2.75, 3.05) is 63.1 Å². The molecule has 6 bridgehead atoms. The third-order valence-corrected chi connectivity index (χ3v) is 27.9. The number of fused-ring (bicyclic) bond motifs is 9. The van der Waals surface area contributed by atoms with Crippen LogP contribution in [0.2, 0.25) is 0 Å². The molecule has 49 nitrogen and oxygen atoms in total. The minimum Gasteiger partial charge on any atom is -0.393 e. The van der Waals surface area contributed by atoms with Gasteiger partial charge in [-0.2, -0.15) is 4.98 Å². The van der Waals surface area contributed by atoms with Crippen molar-refractivity contribution in [2.45, 2.75) is 175 Å². The van der Waals surface area contributed by atoms with Crippen LogP contribution in [0.25, 0.3) is 33.5 Å². The molecular formula is C57H73N20O29P5S3Y. The van der Waals surface area contributed by atoms with Crippen LogP contribution in [-0.4, -0.2) is 239 Å². The number of nitrogen functional groups attached to an aromatic ring is 4. The molecule has 8 aliphatic rings. The Labute approximate surface area is 686 Å². The summed E-state index contributed by atoms with van der Waals surface area (Å²) in [6, 6.07) is 0. The van der Waals surface area contributed by atoms with E-state index in [1.807, 2.05) is 0 Å². The van der Waals surface area contributed by atoms with Gasteiger partial charge in [0.15, 0.2) is 53.1 Å². The van der Waals surface area contributed by atoms with Gasteiger partial charge in [-0.15, -0.1) is 0 Å². The Bertz CT molecular complexity index is 5570. The number of anilines is 4. The SMILES string of the molecule is COP(=O)(S)O[C@@H]1C[C@H](n2cc(C)c(=O)[nH]c2=O)O[C@@H]1COP(O)(=S)O[C@@H]1C[C@H](n2cnc3c(N)ncnc32)O[C@@H]1COP(=O)(O)O[C@@H]1C2O[C@@H](C)[C@]1(COP(=O)(O)O[C@@H]1C3O[C@@H](C)[C@]1(COP(O)(=S)O[C@@H]1C4O[C@@H](C)[C@]1(CO)O[C@H]4n1cnc4c(N)ncnc41)O[C@H]3n1cc(C)c(N)nc1=O)O[C@H]2n1cnc2c(N)ncnc21.[Y]. The summed E-state index contributed by atoms with van der Waals surface area (Å²) in [6.45, 7) is -10.2. The molecule has 26 atom stereocenters. The summed E-state index contributed by atoms with van der Waals surface area (Å²) in [5.41, 5.74) is 17.2. The van der Waals surface area contributed by atoms with Gasteiger partial charge >= 0.3 is 47.3 Å². The fourth-order valence-corrected chi connectivity index (χ4v) is 21.2. The van der Waals surface area contributed by atoms with Crippen LogP contribution in [0.3, 0.4) is 0 Å². The quantitative estimate of drug-likeness (QED) is 0.0222. The number of nitrogens with zero attached hydrogens (tertiary/aromatic N) is 15. The van der Waals surface area contributed by atoms with Crippen molar-refractivity contribution in [2.24, 2.45) is 0 Å². The van der Waals surface area contributed by atoms with Gasteiger partial charge in [0, 0.05) is 76.2 Å². The van der Waals surface area contributed by atoms with Crippen LogP contribution < -0.4 is 39.9 Å². The number of hydrogen-bond acceptors (Lipinski definition) is 41. The van der Waals surface area contributed by atoms with Gasteiger partial charge in [-0.25, -0.2) is 68.1 Å². The third-order valence-electron chi connectivity index (χ3n) is 21.1. The Morgan fingerprint density at radius 2 is 0.974 bits per heavy atom. The Morgan fingerprint density at radius 3 is 1.50 bits per heavy atom. The molecule has 8 saturated heterocycles. The third kappa shape index (κ3) is 15.5. The van der Waals surface area contributed by atoms with Gasteiger partial charge in [0.25, 0.3) is 5.56 Å². The molecule has 8 aliphatic heterocycles. The number of nitrogens with one attached hydrogen (secondary N) is 1. The molecule has 1 radical (unpaired) electrons. The number of nitrogens with two attached hydrogens (primary N) is 4. The second-order valence-corrected chi connectivity index (χ2v) is 39.1. The fourth-order valence-electron chi connectivity index (χ4n) is 15.3. The second-order valence-electron chi connectivity index (χ2n) is 27.8. The number of phosphoric acid groups is 2. The van der Waals surface area contributed by atoms with E-state index in [9.17, 15) is 48.2 Å². The first-order valence-corrected chi connectivity index (χ1v) is 45.3. The van der Waals surface area contributed by atoms with E-state index in [1.165, 1.54) is 72.2 Å². The molecule has 621 valence electrons. The minimum atomic E-state index is -5.71. The normalized spacial score (nSPS) is 34.7. The summed E-state index contributed by atoms with van der Waals surface area (Å²) in [6.07, 6.45) is -15.0. The molecule has 115 heavy (non-hydrogen) atoms. The van der Waals surface area contributed by atoms with E-state index in [0.29, 0.717) is 5.56 Å². The molecule has 58 heteroatoms. The van der Waals surface area contributed by atoms with E-state index in [2.05, 4.69) is 67.1 Å². The predicted octanol–water partition coefficient (Wildman–Crippen LogP) is 0.299. The maximum Gasteiger partial charge on any atom is 0.472 e. The Hall–Kier alpha value is -5.07. The van der Waals surface area contributed by atoms with Gasteiger partial charge in [0.2, 0.25) is 0 Å². The van der Waals surface area contributed by atoms with Crippen molar-refractivity contribution in [3.8, 4) is 0 Å². The van der Waals surface area contributed by atoms with Crippen LogP contribution in [0.5, 0.6) is 0 Å². The van der Waals surface area contributed by atoms with Crippen molar-refractivity contribution < 1.29 is 154 Å². The van der Waals surface area contributed by atoms with Crippen LogP contribution in [0.1, 0.15) is 75.9 Å². The molecule has 16 rings (SSSR count). The van der Waals surface area contributed by atoms with Crippen molar-refractivity contribution in [1.82, 2.24) is 77.7 Å². The van der Waals surface area contributed by atoms with Crippen molar-refractivity contribution in [3.05, 3.63) is 92.8 Å². The number of rotatable bonds is 29. The largest absolute Gasteiger partial charge is 0.472 e. The maximum atomic E-state index is 15.2. The van der Waals surface area contributed by atoms with E-state index in [0.717, 1.165) is 28.9 Å². The molecule has 8 unspecified atom stereocenters. The van der Waals surface area contributed by atoms with Crippen molar-refractivity contribution in [3.63, 3.8) is 0 Å². The van der Waals surface area contributed by atoms with Gasteiger partial charge in [-0.1, -0.05) is 12.2 Å². The van der Waals surface area contributed by atoms with Gasteiger partial charge in [0.1, 0.15) is 126 Å². The molecule has 0 saturated carbocycles. The van der Waals surface area contributed by atoms with E-state index in [4.69, 9.17) is 130 Å². The summed E-state index contributed by atoms with van der Waals surface area (Å²) < 4.78 is 160. The standard InChI is InChI=1S/C57H73N20O29P5S3.Y/c1-22-9-74(53(80)71-42(22)58)50-37-40(57(100-50,26(5)95-37)15-93-111(88,114)106-39-36-51(99-55(39,13-78)24(3)94-36)76-20-69-34-44(60)63-17-66-47(34)76)105-108(84,85)92-14-56-25(4)96-38(52(101-56)77-21-70-35-45(61)64-18-67-48(35)77)41(56)104-107(82,83)90-11-29-28(8-32(98-29)75-19-68-33-43(59)62-16-65-46(33)75)103-110(87,113)91-12-30-27(102-109(86,112)89-6)7-31(97-30)73-10-23(2)49(79)72-54(73)81;/h9-10,16-21,24-32,36-41,50-52,78H,7-8,11-15H2,1-6H3,(H,82,83)(H,84,85)(H,86,112)(H,87,113)(H,88,114)(H2,58,71,80)(H2,59,62,65)(H2,60,63,66)(H2,61,64,67)(H,72,79,81);/t24-,25-,26-,27+,28+,29+,30+,31+,32+,36?,37?,38?,39+,40+,41+,50+,51+,52+,55-,56-,57-,109?,110?,111?;/m0./s1. The first kappa shape index (κ1) is 84.9. The van der Waals surface area contributed by atoms with Crippen LogP contribution in [0.15, 0.2) is 64.7 Å². The zero-order valence-electron chi connectivity index (χ0n) is 60.6. The van der Waals surface area contributed by atoms with Crippen LogP contribution in [0.4, 0.5) is 23.3 Å². The number of imidazole rings is 3. The Balaban J connectivity index is 0.0000104. The number of aryl methyl sites for hydroxylation is 2. The molecule has 0 amide bonds. The Morgan fingerprint density at radius 1 is 0.548 bits per heavy atom. The number of aliphatic hydroxyl groups excluding tert-OH is 1. The number of phosphoric ester groups is 2. The zero-order chi connectivity index (χ0) is 81.1. The van der Waals surface area contributed by atoms with Crippen molar-refractivity contribution >= 4 is 129 Å². The molecule has 8 aromatic heterocycles. The molecular weight excluding hydrogens is 1770 g/mol. The number of H-pyrrole nitrogens is 1. The smallest absolute Gasteiger partial charge is 0.393 e. The second kappa shape index (κ2) is 31.4. The molecule has 8 fully saturated rings. The summed E-state index contributed by atoms with van der Waals surface area (Å²) in [5, 5.41) is 11.0. The number of thiol groups is 1. The van der Waals surface area contributed by atoms with Crippen LogP contribution in [0, 0.1) is 13.8 Å².